The van der Waals surface area contributed by atoms with Crippen LogP contribution in [0.2, 0.25) is 0 Å². The number of hydrogen-bond acceptors (Lipinski definition) is 7. The van der Waals surface area contributed by atoms with Gasteiger partial charge in [0, 0.05) is 12.1 Å². The standard InChI is InChI=1S/C11H8N2O6/c14-11(18-6-8-5-17-7-12-8)19-10-3-1-9(2-4-10)13(15)16/h1-5,7H,6H2. The van der Waals surface area contributed by atoms with Crippen LogP contribution in [-0.4, -0.2) is 16.1 Å². The molecule has 0 aliphatic carbocycles. The second-order valence-electron chi connectivity index (χ2n) is 3.37. The van der Waals surface area contributed by atoms with E-state index in [0.29, 0.717) is 5.69 Å². The number of carbonyl (C=O) groups excluding carboxylic acids is 1. The van der Waals surface area contributed by atoms with Crippen molar-refractivity contribution in [2.75, 3.05) is 0 Å². The highest BCUT2D eigenvalue weighted by atomic mass is 16.7. The van der Waals surface area contributed by atoms with Gasteiger partial charge in [0.2, 0.25) is 0 Å². The molecule has 2 aromatic rings. The van der Waals surface area contributed by atoms with Gasteiger partial charge >= 0.3 is 6.16 Å². The third-order valence-electron chi connectivity index (χ3n) is 2.07. The van der Waals surface area contributed by atoms with Gasteiger partial charge in [-0.25, -0.2) is 9.78 Å². The van der Waals surface area contributed by atoms with Gasteiger partial charge in [0.1, 0.15) is 24.3 Å². The molecular weight excluding hydrogens is 256 g/mol. The fourth-order valence-electron chi connectivity index (χ4n) is 1.20. The van der Waals surface area contributed by atoms with Crippen LogP contribution in [0.4, 0.5) is 10.5 Å². The van der Waals surface area contributed by atoms with Crippen molar-refractivity contribution in [3.05, 3.63) is 52.7 Å². The van der Waals surface area contributed by atoms with Crippen LogP contribution >= 0.6 is 0 Å². The van der Waals surface area contributed by atoms with Crippen molar-refractivity contribution in [3.63, 3.8) is 0 Å². The number of nitro benzene ring substituents is 1. The molecule has 0 fully saturated rings. The van der Waals surface area contributed by atoms with E-state index in [0.717, 1.165) is 0 Å². The van der Waals surface area contributed by atoms with E-state index < -0.39 is 11.1 Å². The average molecular weight is 264 g/mol. The zero-order valence-corrected chi connectivity index (χ0v) is 9.52. The molecule has 0 aliphatic heterocycles. The molecule has 0 aliphatic rings. The van der Waals surface area contributed by atoms with Crippen molar-refractivity contribution in [2.24, 2.45) is 0 Å². The van der Waals surface area contributed by atoms with Gasteiger partial charge in [-0.1, -0.05) is 0 Å². The van der Waals surface area contributed by atoms with Crippen molar-refractivity contribution in [3.8, 4) is 5.75 Å². The van der Waals surface area contributed by atoms with E-state index in [1.54, 1.807) is 0 Å². The highest BCUT2D eigenvalue weighted by molar-refractivity contribution is 5.63. The van der Waals surface area contributed by atoms with Crippen LogP contribution in [0.5, 0.6) is 5.75 Å². The van der Waals surface area contributed by atoms with Crippen LogP contribution < -0.4 is 4.74 Å². The Morgan fingerprint density at radius 2 is 2.11 bits per heavy atom. The molecule has 19 heavy (non-hydrogen) atoms. The fraction of sp³-hybridized carbons (Fsp3) is 0.0909. The Hall–Kier alpha value is -2.90. The average Bonchev–Trinajstić information content (AvgIpc) is 2.90. The van der Waals surface area contributed by atoms with E-state index in [4.69, 9.17) is 13.9 Å². The zero-order chi connectivity index (χ0) is 13.7. The SMILES string of the molecule is O=C(OCc1cocn1)Oc1ccc([N+](=O)[O-])cc1. The first kappa shape index (κ1) is 12.6. The Bertz CT molecular complexity index is 563. The molecule has 8 nitrogen and oxygen atoms in total. The zero-order valence-electron chi connectivity index (χ0n) is 9.52. The van der Waals surface area contributed by atoms with Gasteiger partial charge in [-0.15, -0.1) is 0 Å². The van der Waals surface area contributed by atoms with Crippen LogP contribution in [0.25, 0.3) is 0 Å². The molecule has 0 amide bonds. The maximum absolute atomic E-state index is 11.3. The summed E-state index contributed by atoms with van der Waals surface area (Å²) in [6.45, 7) is -0.0810. The summed E-state index contributed by atoms with van der Waals surface area (Å²) < 4.78 is 14.2. The molecule has 1 aromatic carbocycles. The Morgan fingerprint density at radius 3 is 2.68 bits per heavy atom. The molecule has 0 atom stereocenters. The number of non-ortho nitro benzene ring substituents is 1. The molecule has 0 bridgehead atoms. The monoisotopic (exact) mass is 264 g/mol. The molecule has 98 valence electrons. The number of benzene rings is 1. The minimum absolute atomic E-state index is 0.0810. The molecule has 0 unspecified atom stereocenters. The summed E-state index contributed by atoms with van der Waals surface area (Å²) in [7, 11) is 0. The summed E-state index contributed by atoms with van der Waals surface area (Å²) in [5.74, 6) is 0.149. The molecule has 0 saturated carbocycles. The number of ether oxygens (including phenoxy) is 2. The van der Waals surface area contributed by atoms with E-state index in [1.807, 2.05) is 0 Å². The predicted octanol–water partition coefficient (Wildman–Crippen LogP) is 2.30. The van der Waals surface area contributed by atoms with Gasteiger partial charge in [-0.05, 0) is 12.1 Å². The lowest BCUT2D eigenvalue weighted by molar-refractivity contribution is -0.384. The summed E-state index contributed by atoms with van der Waals surface area (Å²) in [6, 6.07) is 5.05. The number of hydrogen-bond donors (Lipinski definition) is 0. The van der Waals surface area contributed by atoms with Gasteiger partial charge in [0.05, 0.1) is 4.92 Å². The largest absolute Gasteiger partial charge is 0.514 e. The molecule has 0 spiro atoms. The molecule has 0 N–H and O–H groups in total. The minimum atomic E-state index is -0.933. The van der Waals surface area contributed by atoms with E-state index in [1.165, 1.54) is 36.9 Å². The van der Waals surface area contributed by atoms with Crippen LogP contribution in [-0.2, 0) is 11.3 Å². The third kappa shape index (κ3) is 3.53. The molecule has 8 heteroatoms. The first-order chi connectivity index (χ1) is 9.15. The van der Waals surface area contributed by atoms with Crippen molar-refractivity contribution >= 4 is 11.8 Å². The lowest BCUT2D eigenvalue weighted by atomic mass is 10.3. The topological polar surface area (TPSA) is 105 Å². The van der Waals surface area contributed by atoms with Gasteiger partial charge in [-0.2, -0.15) is 0 Å². The number of oxazole rings is 1. The van der Waals surface area contributed by atoms with Crippen molar-refractivity contribution < 1.29 is 23.6 Å². The molecule has 1 aromatic heterocycles. The van der Waals surface area contributed by atoms with E-state index in [-0.39, 0.29) is 18.0 Å². The molecule has 2 rings (SSSR count). The fourth-order valence-corrected chi connectivity index (χ4v) is 1.20. The predicted molar refractivity (Wildman–Crippen MR) is 60.4 cm³/mol. The lowest BCUT2D eigenvalue weighted by Gasteiger charge is -2.03. The first-order valence-electron chi connectivity index (χ1n) is 5.11. The Labute approximate surface area is 106 Å². The second-order valence-corrected chi connectivity index (χ2v) is 3.37. The third-order valence-corrected chi connectivity index (χ3v) is 2.07. The Morgan fingerprint density at radius 1 is 1.37 bits per heavy atom. The molecular formula is C11H8N2O6. The van der Waals surface area contributed by atoms with E-state index >= 15 is 0 Å². The summed E-state index contributed by atoms with van der Waals surface area (Å²) in [6.07, 6.45) is 1.61. The maximum atomic E-state index is 11.3. The Kier molecular flexibility index (Phi) is 3.72. The van der Waals surface area contributed by atoms with Gasteiger partial charge in [-0.3, -0.25) is 10.1 Å². The first-order valence-corrected chi connectivity index (χ1v) is 5.11. The lowest BCUT2D eigenvalue weighted by Crippen LogP contribution is -2.10. The van der Waals surface area contributed by atoms with E-state index in [2.05, 4.69) is 4.98 Å². The van der Waals surface area contributed by atoms with Crippen LogP contribution in [0.15, 0.2) is 41.3 Å². The van der Waals surface area contributed by atoms with Gasteiger partial charge in [0.15, 0.2) is 6.39 Å². The van der Waals surface area contributed by atoms with Gasteiger partial charge < -0.3 is 13.9 Å². The smallest absolute Gasteiger partial charge is 0.451 e. The molecule has 1 heterocycles. The molecule has 0 radical (unpaired) electrons. The summed E-state index contributed by atoms with van der Waals surface area (Å²) in [4.78, 5) is 24.9. The quantitative estimate of drug-likeness (QED) is 0.361. The van der Waals surface area contributed by atoms with Crippen LogP contribution in [0.3, 0.4) is 0 Å². The number of nitrogens with zero attached hydrogens (tertiary/aromatic N) is 2. The summed E-state index contributed by atoms with van der Waals surface area (Å²) in [5.41, 5.74) is 0.351. The van der Waals surface area contributed by atoms with Crippen molar-refractivity contribution in [1.29, 1.82) is 0 Å². The maximum Gasteiger partial charge on any atom is 0.514 e. The highest BCUT2D eigenvalue weighted by Gasteiger charge is 2.09. The second kappa shape index (κ2) is 5.63. The number of rotatable bonds is 4. The number of aromatic nitrogens is 1. The number of carbonyl (C=O) groups is 1. The van der Waals surface area contributed by atoms with Crippen LogP contribution in [0, 0.1) is 10.1 Å². The minimum Gasteiger partial charge on any atom is -0.451 e. The van der Waals surface area contributed by atoms with Crippen molar-refractivity contribution in [2.45, 2.75) is 6.61 Å². The Balaban J connectivity index is 1.86. The van der Waals surface area contributed by atoms with Gasteiger partial charge in [0.25, 0.3) is 5.69 Å². The number of nitro groups is 1. The van der Waals surface area contributed by atoms with Crippen molar-refractivity contribution in [1.82, 2.24) is 4.98 Å². The van der Waals surface area contributed by atoms with Crippen LogP contribution in [0.1, 0.15) is 5.69 Å². The summed E-state index contributed by atoms with van der Waals surface area (Å²) in [5, 5.41) is 10.4. The highest BCUT2D eigenvalue weighted by Crippen LogP contribution is 2.17. The normalized spacial score (nSPS) is 9.89. The summed E-state index contributed by atoms with van der Waals surface area (Å²) >= 11 is 0. The van der Waals surface area contributed by atoms with E-state index in [9.17, 15) is 14.9 Å². The molecule has 0 saturated heterocycles.